The van der Waals surface area contributed by atoms with Crippen LogP contribution in [-0.2, 0) is 30.2 Å². The van der Waals surface area contributed by atoms with Gasteiger partial charge in [0.25, 0.3) is 0 Å². The van der Waals surface area contributed by atoms with Crippen LogP contribution in [0, 0.1) is 11.2 Å². The van der Waals surface area contributed by atoms with Crippen molar-refractivity contribution in [2.24, 2.45) is 5.41 Å². The Morgan fingerprint density at radius 3 is 2.47 bits per heavy atom. The van der Waals surface area contributed by atoms with E-state index in [0.29, 0.717) is 18.7 Å². The summed E-state index contributed by atoms with van der Waals surface area (Å²) < 4.78 is 35.9. The number of ether oxygens (including phenoxy) is 2. The molecule has 0 unspecified atom stereocenters. The number of nitrogens with one attached hydrogen (secondary N) is 1. The maximum Gasteiger partial charge on any atom is 0.494 e. The highest BCUT2D eigenvalue weighted by Crippen LogP contribution is 2.22. The summed E-state index contributed by atoms with van der Waals surface area (Å²) in [5.74, 6) is -1.45. The summed E-state index contributed by atoms with van der Waals surface area (Å²) in [5, 5.41) is 2.31. The highest BCUT2D eigenvalue weighted by molar-refractivity contribution is 6.61. The lowest BCUT2D eigenvalue weighted by Crippen LogP contribution is -2.47. The molecule has 2 aromatic rings. The van der Waals surface area contributed by atoms with E-state index in [1.165, 1.54) is 18.2 Å². The van der Waals surface area contributed by atoms with Gasteiger partial charge in [0.2, 0.25) is 0 Å². The molecule has 7 nitrogen and oxygen atoms in total. The molecule has 0 bridgehead atoms. The number of carbonyl (C=O) groups is 2. The number of methoxy groups -OCH3 is 1. The summed E-state index contributed by atoms with van der Waals surface area (Å²) in [5.41, 5.74) is 1.01. The van der Waals surface area contributed by atoms with E-state index in [9.17, 15) is 14.0 Å². The molecular weight excluding hydrogens is 416 g/mol. The molecule has 1 heterocycles. The van der Waals surface area contributed by atoms with Gasteiger partial charge in [-0.25, -0.2) is 14.0 Å². The van der Waals surface area contributed by atoms with Crippen LogP contribution in [0.1, 0.15) is 25.0 Å². The Kier molecular flexibility index (Phi) is 7.66. The van der Waals surface area contributed by atoms with Gasteiger partial charge in [-0.15, -0.1) is 0 Å². The molecule has 32 heavy (non-hydrogen) atoms. The molecule has 1 N–H and O–H groups in total. The molecule has 0 spiro atoms. The minimum absolute atomic E-state index is 0.0162. The molecule has 0 aromatic heterocycles. The molecule has 2 aromatic carbocycles. The van der Waals surface area contributed by atoms with Crippen LogP contribution in [0.3, 0.4) is 0 Å². The number of esters is 1. The van der Waals surface area contributed by atoms with Gasteiger partial charge in [-0.05, 0) is 23.2 Å². The standard InChI is InChI=1S/C23H25BFNO6/c1-23(2)14-31-24(32-15-23)18-10-9-17(19(25)12-18)11-20(21(27)29-3)26-22(28)30-13-16-7-5-4-6-8-16/h4-12H,13-15H2,1-3H3,(H,26,28). The van der Waals surface area contributed by atoms with Gasteiger partial charge < -0.3 is 18.8 Å². The zero-order valence-corrected chi connectivity index (χ0v) is 18.2. The second kappa shape index (κ2) is 10.4. The number of hydrogen-bond acceptors (Lipinski definition) is 6. The average Bonchev–Trinajstić information content (AvgIpc) is 2.78. The molecule has 1 aliphatic heterocycles. The molecule has 0 radical (unpaired) electrons. The largest absolute Gasteiger partial charge is 0.494 e. The molecule has 0 saturated carbocycles. The van der Waals surface area contributed by atoms with Gasteiger partial charge in [0, 0.05) is 24.2 Å². The number of hydrogen-bond donors (Lipinski definition) is 1. The third-order valence-electron chi connectivity index (χ3n) is 4.70. The predicted octanol–water partition coefficient (Wildman–Crippen LogP) is 3.03. The van der Waals surface area contributed by atoms with Crippen LogP contribution in [0.15, 0.2) is 54.2 Å². The predicted molar refractivity (Wildman–Crippen MR) is 117 cm³/mol. The quantitative estimate of drug-likeness (QED) is 0.422. The SMILES string of the molecule is COC(=O)C(=Cc1ccc(B2OCC(C)(C)CO2)cc1F)NC(=O)OCc1ccccc1. The Morgan fingerprint density at radius 2 is 1.84 bits per heavy atom. The minimum Gasteiger partial charge on any atom is -0.464 e. The van der Waals surface area contributed by atoms with Crippen molar-refractivity contribution >= 4 is 30.7 Å². The van der Waals surface area contributed by atoms with Gasteiger partial charge >= 0.3 is 19.2 Å². The number of rotatable bonds is 6. The molecule has 1 saturated heterocycles. The monoisotopic (exact) mass is 441 g/mol. The maximum absolute atomic E-state index is 14.7. The van der Waals surface area contributed by atoms with E-state index >= 15 is 0 Å². The van der Waals surface area contributed by atoms with Crippen molar-refractivity contribution in [1.82, 2.24) is 5.32 Å². The molecule has 1 aliphatic rings. The first-order valence-electron chi connectivity index (χ1n) is 10.1. The van der Waals surface area contributed by atoms with Gasteiger partial charge in [0.1, 0.15) is 18.1 Å². The van der Waals surface area contributed by atoms with Crippen LogP contribution >= 0.6 is 0 Å². The highest BCUT2D eigenvalue weighted by Gasteiger charge is 2.33. The van der Waals surface area contributed by atoms with E-state index in [4.69, 9.17) is 14.0 Å². The van der Waals surface area contributed by atoms with E-state index in [2.05, 4.69) is 10.1 Å². The molecule has 3 rings (SSSR count). The Hall–Kier alpha value is -3.17. The number of amides is 1. The minimum atomic E-state index is -0.867. The lowest BCUT2D eigenvalue weighted by molar-refractivity contribution is -0.136. The molecular formula is C23H25BFNO6. The van der Waals surface area contributed by atoms with Crippen LogP contribution in [0.25, 0.3) is 6.08 Å². The van der Waals surface area contributed by atoms with Gasteiger partial charge in [0.15, 0.2) is 0 Å². The van der Waals surface area contributed by atoms with E-state index in [0.717, 1.165) is 12.7 Å². The summed E-state index contributed by atoms with van der Waals surface area (Å²) in [7, 11) is 0.494. The zero-order chi connectivity index (χ0) is 23.1. The summed E-state index contributed by atoms with van der Waals surface area (Å²) >= 11 is 0. The van der Waals surface area contributed by atoms with Crippen molar-refractivity contribution in [2.75, 3.05) is 20.3 Å². The van der Waals surface area contributed by atoms with Gasteiger partial charge in [-0.1, -0.05) is 56.3 Å². The molecule has 1 fully saturated rings. The third kappa shape index (κ3) is 6.42. The molecule has 9 heteroatoms. The van der Waals surface area contributed by atoms with E-state index in [-0.39, 0.29) is 23.3 Å². The van der Waals surface area contributed by atoms with Crippen molar-refractivity contribution in [2.45, 2.75) is 20.5 Å². The van der Waals surface area contributed by atoms with Gasteiger partial charge in [-0.3, -0.25) is 5.32 Å². The van der Waals surface area contributed by atoms with Gasteiger partial charge in [0.05, 0.1) is 7.11 Å². The highest BCUT2D eigenvalue weighted by atomic mass is 19.1. The van der Waals surface area contributed by atoms with Crippen LogP contribution in [0.5, 0.6) is 0 Å². The van der Waals surface area contributed by atoms with Crippen molar-refractivity contribution < 1.29 is 32.8 Å². The fraction of sp³-hybridized carbons (Fsp3) is 0.304. The summed E-state index contributed by atoms with van der Waals surface area (Å²) in [6, 6.07) is 13.4. The molecule has 0 aliphatic carbocycles. The first-order chi connectivity index (χ1) is 15.3. The normalized spacial score (nSPS) is 15.8. The lowest BCUT2D eigenvalue weighted by atomic mass is 9.75. The first kappa shape index (κ1) is 23.5. The second-order valence-corrected chi connectivity index (χ2v) is 8.14. The second-order valence-electron chi connectivity index (χ2n) is 8.14. The Balaban J connectivity index is 1.70. The molecule has 168 valence electrons. The number of carbonyl (C=O) groups excluding carboxylic acids is 2. The Bertz CT molecular complexity index is 985. The van der Waals surface area contributed by atoms with Crippen molar-refractivity contribution in [3.63, 3.8) is 0 Å². The van der Waals surface area contributed by atoms with E-state index < -0.39 is 25.0 Å². The maximum atomic E-state index is 14.7. The average molecular weight is 441 g/mol. The number of benzene rings is 2. The fourth-order valence-electron chi connectivity index (χ4n) is 2.97. The van der Waals surface area contributed by atoms with Crippen molar-refractivity contribution in [3.05, 3.63) is 71.2 Å². The number of alkyl carbamates (subject to hydrolysis) is 1. The van der Waals surface area contributed by atoms with Gasteiger partial charge in [-0.2, -0.15) is 0 Å². The Labute approximate surface area is 186 Å². The molecule has 0 atom stereocenters. The summed E-state index contributed by atoms with van der Waals surface area (Å²) in [4.78, 5) is 24.2. The smallest absolute Gasteiger partial charge is 0.464 e. The topological polar surface area (TPSA) is 83.1 Å². The first-order valence-corrected chi connectivity index (χ1v) is 10.1. The van der Waals surface area contributed by atoms with Crippen molar-refractivity contribution in [1.29, 1.82) is 0 Å². The van der Waals surface area contributed by atoms with E-state index in [1.54, 1.807) is 18.2 Å². The fourth-order valence-corrected chi connectivity index (χ4v) is 2.97. The zero-order valence-electron chi connectivity index (χ0n) is 18.2. The Morgan fingerprint density at radius 1 is 1.16 bits per heavy atom. The molecule has 1 amide bonds. The van der Waals surface area contributed by atoms with Crippen LogP contribution < -0.4 is 10.8 Å². The van der Waals surface area contributed by atoms with Crippen molar-refractivity contribution in [3.8, 4) is 0 Å². The van der Waals surface area contributed by atoms with E-state index in [1.807, 2.05) is 32.0 Å². The summed E-state index contributed by atoms with van der Waals surface area (Å²) in [6.07, 6.45) is 0.314. The summed E-state index contributed by atoms with van der Waals surface area (Å²) in [6.45, 7) is 5.03. The lowest BCUT2D eigenvalue weighted by Gasteiger charge is -2.33. The third-order valence-corrected chi connectivity index (χ3v) is 4.70. The van der Waals surface area contributed by atoms with Crippen LogP contribution in [-0.4, -0.2) is 39.5 Å². The van der Waals surface area contributed by atoms with Crippen LogP contribution in [0.4, 0.5) is 9.18 Å². The number of halogens is 1. The van der Waals surface area contributed by atoms with Crippen LogP contribution in [0.2, 0.25) is 0 Å².